The second-order valence-electron chi connectivity index (χ2n) is 29.1. The highest BCUT2D eigenvalue weighted by molar-refractivity contribution is 5.90. The molecule has 90 heavy (non-hydrogen) atoms. The molecular formula is C74H88N4O12. The molecule has 0 aromatic heterocycles. The molecule has 13 bridgehead atoms. The van der Waals surface area contributed by atoms with Crippen LogP contribution in [-0.4, -0.2) is 81.2 Å². The lowest BCUT2D eigenvalue weighted by molar-refractivity contribution is -0.212. The zero-order chi connectivity index (χ0) is 64.7. The van der Waals surface area contributed by atoms with Crippen LogP contribution in [0.5, 0.6) is 46.0 Å². The van der Waals surface area contributed by atoms with Crippen molar-refractivity contribution in [3.8, 4) is 46.0 Å². The van der Waals surface area contributed by atoms with Gasteiger partial charge in [-0.1, -0.05) is 94.2 Å². The van der Waals surface area contributed by atoms with E-state index in [4.69, 9.17) is 38.9 Å². The number of esters is 4. The quantitative estimate of drug-likeness (QED) is 0.0833. The molecule has 4 N–H and O–H groups in total. The van der Waals surface area contributed by atoms with Crippen molar-refractivity contribution in [1.29, 1.82) is 0 Å². The molecule has 7 aliphatic rings. The number of carbonyl (C=O) groups excluding carboxylic acids is 4. The molecule has 16 nitrogen and oxygen atoms in total. The van der Waals surface area contributed by atoms with Crippen molar-refractivity contribution in [2.75, 3.05) is 0 Å². The van der Waals surface area contributed by atoms with Crippen molar-refractivity contribution in [1.82, 2.24) is 0 Å². The molecule has 11 rings (SSSR count). The van der Waals surface area contributed by atoms with E-state index in [0.717, 1.165) is 18.4 Å². The van der Waals surface area contributed by atoms with Gasteiger partial charge in [0, 0.05) is 106 Å². The summed E-state index contributed by atoms with van der Waals surface area (Å²) >= 11 is 0. The largest absolute Gasteiger partial charge is 0.507 e. The predicted molar refractivity (Wildman–Crippen MR) is 347 cm³/mol. The van der Waals surface area contributed by atoms with Gasteiger partial charge in [0.05, 0.1) is 23.5 Å². The standard InChI is InChI=1S/C74H88N4O12/c1-13-72-25-21-59(79)87-47-30-43(63(83)51(34-47)68(4,5)6)41-78-58-29-42(3)19-20-57(58)77-40-46-33-50-37-54(66(46)86)71(11,12)74-67(72)69(7,8)52-35-48(88-60(80)22-26-72)31-44(64(52)84)38-75-55-17-15-16-18-56(55)76-39-45-32-49(36-53(65(45)85)70(74,9)10)89-61(81)23-27-73(74,14-2)28-24-62(82)90-50/h19,30-41,57-58,67,83-86H,13-18,20-29H2,1-12H3. The number of phenolic OH excluding ortho intramolecular Hbond substituents is 4. The lowest BCUT2D eigenvalue weighted by Gasteiger charge is -2.74. The van der Waals surface area contributed by atoms with E-state index in [1.165, 1.54) is 0 Å². The fourth-order valence-corrected chi connectivity index (χ4v) is 18.0. The Bertz CT molecular complexity index is 3810. The second kappa shape index (κ2) is 23.4. The molecule has 1 spiro atoms. The van der Waals surface area contributed by atoms with Crippen LogP contribution in [0.4, 0.5) is 0 Å². The molecule has 0 saturated carbocycles. The molecule has 2 aliphatic carbocycles. The Balaban J connectivity index is 1.36. The predicted octanol–water partition coefficient (Wildman–Crippen LogP) is 14.9. The highest BCUT2D eigenvalue weighted by Crippen LogP contribution is 2.78. The van der Waals surface area contributed by atoms with E-state index in [9.17, 15) is 20.4 Å². The Hall–Kier alpha value is -7.88. The number of phenols is 4. The van der Waals surface area contributed by atoms with Gasteiger partial charge in [-0.3, -0.25) is 39.1 Å². The Morgan fingerprint density at radius 1 is 0.511 bits per heavy atom. The molecule has 0 saturated heterocycles. The molecule has 6 unspecified atom stereocenters. The fraction of sp³-hybridized carbons (Fsp3) is 0.514. The minimum atomic E-state index is -1.56. The zero-order valence-corrected chi connectivity index (χ0v) is 54.4. The SMILES string of the molecule is CCC12CCC(=O)Oc3cc(c(O)c(C(C)(C)C)c3)C=NC3CC(C)=CCC3N=Cc3cc4cc(c3O)C(C)(C)C35C1C(C)(C)c1cc(cc(c1O)C=NC1=C(CCCC1)N=Cc1cc(cc(c1O)C3(C)C)OC(=O)CCC5(CC)CCC(=O)O4)OC(=O)CC2. The summed E-state index contributed by atoms with van der Waals surface area (Å²) in [4.78, 5) is 81.1. The van der Waals surface area contributed by atoms with Gasteiger partial charge < -0.3 is 39.4 Å². The maximum absolute atomic E-state index is 15.5. The van der Waals surface area contributed by atoms with Crippen LogP contribution >= 0.6 is 0 Å². The van der Waals surface area contributed by atoms with Gasteiger partial charge in [0.1, 0.15) is 46.0 Å². The summed E-state index contributed by atoms with van der Waals surface area (Å²) < 4.78 is 25.7. The van der Waals surface area contributed by atoms with Gasteiger partial charge in [0.15, 0.2) is 0 Å². The van der Waals surface area contributed by atoms with Gasteiger partial charge in [-0.15, -0.1) is 0 Å². The Morgan fingerprint density at radius 2 is 0.922 bits per heavy atom. The van der Waals surface area contributed by atoms with E-state index >= 15 is 19.2 Å². The van der Waals surface area contributed by atoms with Crippen LogP contribution in [0.25, 0.3) is 0 Å². The van der Waals surface area contributed by atoms with Gasteiger partial charge in [-0.2, -0.15) is 0 Å². The maximum Gasteiger partial charge on any atom is 0.311 e. The van der Waals surface area contributed by atoms with Crippen molar-refractivity contribution in [2.45, 2.75) is 220 Å². The first-order chi connectivity index (χ1) is 42.5. The lowest BCUT2D eigenvalue weighted by atomic mass is 9.28. The Morgan fingerprint density at radius 3 is 1.38 bits per heavy atom. The highest BCUT2D eigenvalue weighted by Gasteiger charge is 2.75. The van der Waals surface area contributed by atoms with Crippen LogP contribution in [0, 0.1) is 22.2 Å². The fourth-order valence-electron chi connectivity index (χ4n) is 18.0. The van der Waals surface area contributed by atoms with E-state index in [-0.39, 0.29) is 120 Å². The number of allylic oxidation sites excluding steroid dienone is 2. The van der Waals surface area contributed by atoms with Crippen molar-refractivity contribution in [3.05, 3.63) is 116 Å². The molecule has 0 fully saturated rings. The second-order valence-corrected chi connectivity index (χ2v) is 29.1. The van der Waals surface area contributed by atoms with E-state index in [1.54, 1.807) is 73.4 Å². The summed E-state index contributed by atoms with van der Waals surface area (Å²) in [5.74, 6) is -2.92. The van der Waals surface area contributed by atoms with Crippen molar-refractivity contribution in [2.24, 2.45) is 42.1 Å². The lowest BCUT2D eigenvalue weighted by Crippen LogP contribution is -2.72. The molecule has 5 heterocycles. The third-order valence-corrected chi connectivity index (χ3v) is 22.1. The number of aromatic hydroxyl groups is 4. The molecule has 6 atom stereocenters. The normalized spacial score (nSPS) is 27.3. The molecule has 0 amide bonds. The smallest absolute Gasteiger partial charge is 0.311 e. The van der Waals surface area contributed by atoms with E-state index in [1.807, 2.05) is 27.7 Å². The molecule has 4 aromatic carbocycles. The van der Waals surface area contributed by atoms with Gasteiger partial charge in [-0.05, 0) is 159 Å². The summed E-state index contributed by atoms with van der Waals surface area (Å²) in [6, 6.07) is 12.5. The van der Waals surface area contributed by atoms with Crippen LogP contribution in [0.1, 0.15) is 230 Å². The number of fused-ring (bicyclic) bond motifs is 9. The molecule has 476 valence electrons. The maximum atomic E-state index is 15.5. The van der Waals surface area contributed by atoms with Gasteiger partial charge in [-0.25, -0.2) is 0 Å². The van der Waals surface area contributed by atoms with E-state index < -0.39 is 79.8 Å². The molecule has 0 radical (unpaired) electrons. The number of aliphatic imine (C=N–C) groups is 4. The number of ether oxygens (including phenoxy) is 4. The van der Waals surface area contributed by atoms with Gasteiger partial charge in [0.25, 0.3) is 0 Å². The minimum Gasteiger partial charge on any atom is -0.507 e. The third-order valence-electron chi connectivity index (χ3n) is 22.1. The number of benzene rings is 4. The highest BCUT2D eigenvalue weighted by atomic mass is 16.5. The Labute approximate surface area is 528 Å². The molecule has 4 aromatic rings. The molecular weight excluding hydrogens is 1140 g/mol. The van der Waals surface area contributed by atoms with E-state index in [0.29, 0.717) is 71.3 Å². The topological polar surface area (TPSA) is 236 Å². The molecule has 5 aliphatic heterocycles. The number of hydrogen-bond acceptors (Lipinski definition) is 16. The van der Waals surface area contributed by atoms with Gasteiger partial charge in [0.2, 0.25) is 0 Å². The van der Waals surface area contributed by atoms with Crippen LogP contribution in [0.2, 0.25) is 0 Å². The zero-order valence-electron chi connectivity index (χ0n) is 54.4. The van der Waals surface area contributed by atoms with Crippen molar-refractivity contribution >= 4 is 48.7 Å². The first-order valence-electron chi connectivity index (χ1n) is 32.3. The number of carbonyl (C=O) groups is 4. The molecule has 16 heteroatoms. The first kappa shape index (κ1) is 63.7. The summed E-state index contributed by atoms with van der Waals surface area (Å²) in [7, 11) is 0. The Kier molecular flexibility index (Phi) is 16.6. The number of nitrogens with zero attached hydrogens (tertiary/aromatic N) is 4. The average Bonchev–Trinajstić information content (AvgIpc) is 0.658. The summed E-state index contributed by atoms with van der Waals surface area (Å²) in [6.07, 6.45) is 12.7. The van der Waals surface area contributed by atoms with Crippen LogP contribution in [0.15, 0.2) is 91.5 Å². The monoisotopic (exact) mass is 1220 g/mol. The van der Waals surface area contributed by atoms with Crippen LogP contribution in [0.3, 0.4) is 0 Å². The van der Waals surface area contributed by atoms with Crippen molar-refractivity contribution < 1.29 is 58.6 Å². The van der Waals surface area contributed by atoms with Gasteiger partial charge >= 0.3 is 23.9 Å². The first-order valence-corrected chi connectivity index (χ1v) is 32.3. The van der Waals surface area contributed by atoms with Crippen molar-refractivity contribution in [3.63, 3.8) is 0 Å². The number of hydrogen-bond donors (Lipinski definition) is 4. The summed E-state index contributed by atoms with van der Waals surface area (Å²) in [6.45, 7) is 24.6. The number of rotatable bonds is 2. The summed E-state index contributed by atoms with van der Waals surface area (Å²) in [5.41, 5.74) is -3.62. The average molecular weight is 1230 g/mol. The van der Waals surface area contributed by atoms with E-state index in [2.05, 4.69) is 61.5 Å². The van der Waals surface area contributed by atoms with Crippen LogP contribution in [-0.2, 0) is 40.8 Å². The summed E-state index contributed by atoms with van der Waals surface area (Å²) in [5, 5.41) is 53.0. The minimum absolute atomic E-state index is 0.00964. The third kappa shape index (κ3) is 10.8. The van der Waals surface area contributed by atoms with Crippen LogP contribution < -0.4 is 18.9 Å².